The molecule has 5 rings (SSSR count). The molecule has 2 aromatic heterocycles. The molecule has 0 spiro atoms. The first-order valence-corrected chi connectivity index (χ1v) is 11.8. The Kier molecular flexibility index (Phi) is 5.53. The minimum Gasteiger partial charge on any atom is -0.358 e. The molecule has 1 saturated carbocycles. The summed E-state index contributed by atoms with van der Waals surface area (Å²) in [5.74, 6) is 1.16. The van der Waals surface area contributed by atoms with E-state index in [2.05, 4.69) is 47.5 Å². The summed E-state index contributed by atoms with van der Waals surface area (Å²) in [5.41, 5.74) is 6.77. The lowest BCUT2D eigenvalue weighted by molar-refractivity contribution is 0.425. The highest BCUT2D eigenvalue weighted by atomic mass is 35.5. The second-order valence-corrected chi connectivity index (χ2v) is 9.32. The molecular formula is C27H27ClN4. The van der Waals surface area contributed by atoms with Crippen LogP contribution in [0, 0.1) is 18.3 Å². The zero-order valence-corrected chi connectivity index (χ0v) is 19.4. The van der Waals surface area contributed by atoms with E-state index >= 15 is 0 Å². The second kappa shape index (κ2) is 8.48. The molecule has 0 aliphatic heterocycles. The van der Waals surface area contributed by atoms with E-state index in [1.54, 1.807) is 0 Å². The van der Waals surface area contributed by atoms with Crippen LogP contribution in [0.1, 0.15) is 54.4 Å². The highest BCUT2D eigenvalue weighted by molar-refractivity contribution is 6.30. The van der Waals surface area contributed by atoms with Crippen LogP contribution in [0.15, 0.2) is 48.5 Å². The molecule has 4 aromatic rings. The lowest BCUT2D eigenvalue weighted by Gasteiger charge is -2.35. The van der Waals surface area contributed by atoms with E-state index in [4.69, 9.17) is 16.6 Å². The van der Waals surface area contributed by atoms with Crippen LogP contribution in [0.4, 0.5) is 5.82 Å². The standard InChI is InChI=1S/C27H27ClN4/c1-18-22(16-19-12-14-20(28)15-13-19)27(31(2)21-8-4-3-5-9-21)32-25-11-7-6-10-24(25)30-26(32)23(18)17-29/h6-7,10-15,21H,3-5,8-9,16H2,1-2H3. The van der Waals surface area contributed by atoms with E-state index in [-0.39, 0.29) is 0 Å². The maximum Gasteiger partial charge on any atom is 0.157 e. The van der Waals surface area contributed by atoms with Gasteiger partial charge in [-0.2, -0.15) is 5.26 Å². The van der Waals surface area contributed by atoms with Crippen molar-refractivity contribution in [2.75, 3.05) is 11.9 Å². The molecule has 2 heterocycles. The molecule has 0 amide bonds. The SMILES string of the molecule is Cc1c(Cc2ccc(Cl)cc2)c(N(C)C2CCCCC2)n2c(nc3ccccc32)c1C#N. The third kappa shape index (κ3) is 3.51. The lowest BCUT2D eigenvalue weighted by Crippen LogP contribution is -2.35. The van der Waals surface area contributed by atoms with Crippen molar-refractivity contribution in [1.82, 2.24) is 9.38 Å². The monoisotopic (exact) mass is 442 g/mol. The van der Waals surface area contributed by atoms with Gasteiger partial charge in [0.15, 0.2) is 5.65 Å². The van der Waals surface area contributed by atoms with Gasteiger partial charge in [-0.15, -0.1) is 0 Å². The molecule has 162 valence electrons. The largest absolute Gasteiger partial charge is 0.358 e. The molecule has 32 heavy (non-hydrogen) atoms. The molecule has 0 unspecified atom stereocenters. The maximum absolute atomic E-state index is 10.1. The summed E-state index contributed by atoms with van der Waals surface area (Å²) in [6.45, 7) is 2.07. The molecular weight excluding hydrogens is 416 g/mol. The first-order valence-electron chi connectivity index (χ1n) is 11.4. The van der Waals surface area contributed by atoms with Gasteiger partial charge in [-0.25, -0.2) is 4.98 Å². The van der Waals surface area contributed by atoms with Crippen LogP contribution in [0.3, 0.4) is 0 Å². The molecule has 1 aliphatic carbocycles. The number of aromatic nitrogens is 2. The van der Waals surface area contributed by atoms with Crippen LogP contribution in [-0.2, 0) is 6.42 Å². The van der Waals surface area contributed by atoms with E-state index < -0.39 is 0 Å². The van der Waals surface area contributed by atoms with Gasteiger partial charge in [0, 0.05) is 30.1 Å². The predicted octanol–water partition coefficient (Wildman–Crippen LogP) is 6.68. The Morgan fingerprint density at radius 3 is 2.53 bits per heavy atom. The summed E-state index contributed by atoms with van der Waals surface area (Å²) >= 11 is 6.14. The van der Waals surface area contributed by atoms with Crippen molar-refractivity contribution in [1.29, 1.82) is 5.26 Å². The Balaban J connectivity index is 1.81. The van der Waals surface area contributed by atoms with Gasteiger partial charge in [-0.3, -0.25) is 4.40 Å². The zero-order valence-electron chi connectivity index (χ0n) is 18.6. The number of nitrogens with zero attached hydrogens (tertiary/aromatic N) is 4. The summed E-state index contributed by atoms with van der Waals surface area (Å²) in [6.07, 6.45) is 6.99. The molecule has 1 fully saturated rings. The van der Waals surface area contributed by atoms with Gasteiger partial charge in [0.25, 0.3) is 0 Å². The summed E-state index contributed by atoms with van der Waals surface area (Å²) in [4.78, 5) is 7.35. The number of anilines is 1. The molecule has 1 aliphatic rings. The quantitative estimate of drug-likeness (QED) is 0.354. The van der Waals surface area contributed by atoms with E-state index in [0.717, 1.165) is 39.5 Å². The van der Waals surface area contributed by atoms with E-state index in [9.17, 15) is 5.26 Å². The van der Waals surface area contributed by atoms with Gasteiger partial charge in [0.05, 0.1) is 16.6 Å². The molecule has 0 N–H and O–H groups in total. The van der Waals surface area contributed by atoms with Crippen molar-refractivity contribution in [3.63, 3.8) is 0 Å². The average Bonchev–Trinajstić information content (AvgIpc) is 3.20. The molecule has 0 saturated heterocycles. The number of nitriles is 1. The number of imidazole rings is 1. The molecule has 2 aromatic carbocycles. The first-order chi connectivity index (χ1) is 15.6. The van der Waals surface area contributed by atoms with E-state index in [1.807, 2.05) is 30.3 Å². The smallest absolute Gasteiger partial charge is 0.157 e. The fraction of sp³-hybridized carbons (Fsp3) is 0.333. The molecule has 0 atom stereocenters. The Morgan fingerprint density at radius 1 is 1.09 bits per heavy atom. The lowest BCUT2D eigenvalue weighted by atomic mass is 9.92. The van der Waals surface area contributed by atoms with Crippen LogP contribution in [0.5, 0.6) is 0 Å². The van der Waals surface area contributed by atoms with Crippen molar-refractivity contribution in [3.8, 4) is 6.07 Å². The van der Waals surface area contributed by atoms with Gasteiger partial charge in [-0.05, 0) is 55.2 Å². The van der Waals surface area contributed by atoms with E-state index in [1.165, 1.54) is 43.2 Å². The second-order valence-electron chi connectivity index (χ2n) is 8.88. The number of pyridine rings is 1. The highest BCUT2D eigenvalue weighted by Gasteiger charge is 2.27. The number of hydrogen-bond acceptors (Lipinski definition) is 3. The Hall–Kier alpha value is -3.03. The van der Waals surface area contributed by atoms with Gasteiger partial charge in [-0.1, -0.05) is 55.1 Å². The zero-order chi connectivity index (χ0) is 22.2. The maximum atomic E-state index is 10.1. The normalized spacial score (nSPS) is 14.7. The van der Waals surface area contributed by atoms with E-state index in [0.29, 0.717) is 11.6 Å². The van der Waals surface area contributed by atoms with Crippen molar-refractivity contribution in [2.24, 2.45) is 0 Å². The van der Waals surface area contributed by atoms with Crippen LogP contribution in [0.25, 0.3) is 16.7 Å². The minimum atomic E-state index is 0.490. The number of halogens is 1. The van der Waals surface area contributed by atoms with Gasteiger partial charge in [0.2, 0.25) is 0 Å². The summed E-state index contributed by atoms with van der Waals surface area (Å²) < 4.78 is 2.22. The summed E-state index contributed by atoms with van der Waals surface area (Å²) in [7, 11) is 2.22. The van der Waals surface area contributed by atoms with Crippen molar-refractivity contribution >= 4 is 34.1 Å². The molecule has 5 heteroatoms. The number of para-hydroxylation sites is 2. The Morgan fingerprint density at radius 2 is 1.81 bits per heavy atom. The van der Waals surface area contributed by atoms with Crippen LogP contribution in [-0.4, -0.2) is 22.5 Å². The first kappa shape index (κ1) is 20.8. The molecule has 0 bridgehead atoms. The highest BCUT2D eigenvalue weighted by Crippen LogP contribution is 2.37. The average molecular weight is 443 g/mol. The van der Waals surface area contributed by atoms with Crippen molar-refractivity contribution in [2.45, 2.75) is 51.5 Å². The third-order valence-electron chi connectivity index (χ3n) is 6.96. The Labute approximate surface area is 194 Å². The van der Waals surface area contributed by atoms with Crippen molar-refractivity contribution < 1.29 is 0 Å². The number of fused-ring (bicyclic) bond motifs is 3. The number of hydrogen-bond donors (Lipinski definition) is 0. The van der Waals surface area contributed by atoms with Crippen LogP contribution < -0.4 is 4.90 Å². The number of benzene rings is 2. The summed E-state index contributed by atoms with van der Waals surface area (Å²) in [6, 6.07) is 19.2. The fourth-order valence-corrected chi connectivity index (χ4v) is 5.32. The minimum absolute atomic E-state index is 0.490. The molecule has 4 nitrogen and oxygen atoms in total. The fourth-order valence-electron chi connectivity index (χ4n) is 5.19. The topological polar surface area (TPSA) is 44.3 Å². The van der Waals surface area contributed by atoms with Gasteiger partial charge >= 0.3 is 0 Å². The van der Waals surface area contributed by atoms with Gasteiger partial charge in [0.1, 0.15) is 11.9 Å². The Bertz CT molecular complexity index is 1320. The van der Waals surface area contributed by atoms with Crippen LogP contribution >= 0.6 is 11.6 Å². The van der Waals surface area contributed by atoms with Gasteiger partial charge < -0.3 is 4.90 Å². The molecule has 0 radical (unpaired) electrons. The number of rotatable bonds is 4. The van der Waals surface area contributed by atoms with Crippen LogP contribution in [0.2, 0.25) is 5.02 Å². The summed E-state index contributed by atoms with van der Waals surface area (Å²) in [5, 5.41) is 10.8. The third-order valence-corrected chi connectivity index (χ3v) is 7.21. The predicted molar refractivity (Wildman–Crippen MR) is 132 cm³/mol. The van der Waals surface area contributed by atoms with Crippen molar-refractivity contribution in [3.05, 3.63) is 75.8 Å².